The number of ether oxygens (including phenoxy) is 1. The van der Waals surface area contributed by atoms with Gasteiger partial charge < -0.3 is 14.5 Å². The Labute approximate surface area is 278 Å². The Kier molecular flexibility index (Phi) is 7.84. The second-order valence-electron chi connectivity index (χ2n) is 13.3. The number of thiophene rings is 1. The standard InChI is InChI=1S/C35H38N6O4S2/c1-19(2)24-18-47(42,43)33-30(29(35-41-40-20(3)45-35)27(38-31(24)33)7-6-21-11-15-44-16-12-21)28-17-22-10-14-37-34(32(22)46-28)39-26-9-8-25-23(26)5-4-13-36-25/h4-5,10,13-14,17,19,21,24,26H,6-9,11-12,15-16,18H2,1-3H3,(H,37,39)/t24?,26-/m1/s1. The number of hydrogen-bond acceptors (Lipinski definition) is 11. The maximum atomic E-state index is 14.1. The van der Waals surface area contributed by atoms with Crippen molar-refractivity contribution >= 4 is 37.1 Å². The van der Waals surface area contributed by atoms with E-state index in [0.717, 1.165) is 77.5 Å². The van der Waals surface area contributed by atoms with Gasteiger partial charge in [0.25, 0.3) is 0 Å². The molecule has 1 unspecified atom stereocenters. The molecule has 1 fully saturated rings. The highest BCUT2D eigenvalue weighted by Gasteiger charge is 2.43. The molecule has 5 aromatic rings. The minimum absolute atomic E-state index is 0.0418. The van der Waals surface area contributed by atoms with Crippen LogP contribution >= 0.6 is 11.3 Å². The van der Waals surface area contributed by atoms with E-state index >= 15 is 0 Å². The molecule has 0 aromatic carbocycles. The highest BCUT2D eigenvalue weighted by Crippen LogP contribution is 2.51. The normalized spacial score (nSPS) is 20.6. The van der Waals surface area contributed by atoms with E-state index in [4.69, 9.17) is 19.1 Å². The number of nitrogens with one attached hydrogen (secondary N) is 1. The molecular formula is C35H38N6O4S2. The molecule has 0 saturated carbocycles. The highest BCUT2D eigenvalue weighted by molar-refractivity contribution is 7.92. The molecule has 0 spiro atoms. The maximum absolute atomic E-state index is 14.1. The predicted molar refractivity (Wildman–Crippen MR) is 181 cm³/mol. The molecule has 1 N–H and O–H groups in total. The van der Waals surface area contributed by atoms with Gasteiger partial charge in [0.1, 0.15) is 5.82 Å². The lowest BCUT2D eigenvalue weighted by Crippen LogP contribution is -2.17. The van der Waals surface area contributed by atoms with Gasteiger partial charge in [-0.25, -0.2) is 13.4 Å². The number of fused-ring (bicyclic) bond motifs is 3. The van der Waals surface area contributed by atoms with E-state index in [1.807, 2.05) is 24.5 Å². The van der Waals surface area contributed by atoms with Gasteiger partial charge in [0, 0.05) is 54.6 Å². The van der Waals surface area contributed by atoms with Gasteiger partial charge in [-0.15, -0.1) is 21.5 Å². The second kappa shape index (κ2) is 12.1. The lowest BCUT2D eigenvalue weighted by atomic mass is 9.89. The molecule has 12 heteroatoms. The summed E-state index contributed by atoms with van der Waals surface area (Å²) in [4.78, 5) is 15.7. The number of sulfone groups is 1. The molecule has 0 radical (unpaired) electrons. The van der Waals surface area contributed by atoms with Crippen LogP contribution in [0.15, 0.2) is 46.0 Å². The van der Waals surface area contributed by atoms with E-state index in [9.17, 15) is 8.42 Å². The zero-order valence-corrected chi connectivity index (χ0v) is 28.5. The van der Waals surface area contributed by atoms with Gasteiger partial charge in [0.05, 0.1) is 38.3 Å². The van der Waals surface area contributed by atoms with Crippen LogP contribution in [-0.2, 0) is 27.4 Å². The zero-order chi connectivity index (χ0) is 32.3. The van der Waals surface area contributed by atoms with Crippen molar-refractivity contribution in [3.8, 4) is 21.9 Å². The fraction of sp³-hybridized carbons (Fsp3) is 0.457. The topological polar surface area (TPSA) is 133 Å². The van der Waals surface area contributed by atoms with Crippen molar-refractivity contribution in [2.24, 2.45) is 11.8 Å². The van der Waals surface area contributed by atoms with Crippen LogP contribution in [0.2, 0.25) is 0 Å². The van der Waals surface area contributed by atoms with E-state index < -0.39 is 9.84 Å². The van der Waals surface area contributed by atoms with Crippen LogP contribution in [0.3, 0.4) is 0 Å². The summed E-state index contributed by atoms with van der Waals surface area (Å²) in [5.41, 5.74) is 5.07. The summed E-state index contributed by atoms with van der Waals surface area (Å²) in [5, 5.41) is 13.3. The van der Waals surface area contributed by atoms with Gasteiger partial charge in [-0.3, -0.25) is 9.97 Å². The Balaban J connectivity index is 1.31. The van der Waals surface area contributed by atoms with Gasteiger partial charge >= 0.3 is 0 Å². The molecular weight excluding hydrogens is 633 g/mol. The molecule has 47 heavy (non-hydrogen) atoms. The lowest BCUT2D eigenvalue weighted by molar-refractivity contribution is 0.0639. The summed E-state index contributed by atoms with van der Waals surface area (Å²) in [7, 11) is -3.65. The van der Waals surface area contributed by atoms with Crippen molar-refractivity contribution < 1.29 is 17.6 Å². The first-order valence-electron chi connectivity index (χ1n) is 16.5. The first-order valence-corrected chi connectivity index (χ1v) is 19.0. The number of aryl methyl sites for hydroxylation is 3. The predicted octanol–water partition coefficient (Wildman–Crippen LogP) is 7.10. The van der Waals surface area contributed by atoms with Crippen LogP contribution in [0.1, 0.15) is 80.0 Å². The molecule has 0 amide bonds. The Bertz CT molecular complexity index is 2080. The summed E-state index contributed by atoms with van der Waals surface area (Å²) >= 11 is 1.55. The summed E-state index contributed by atoms with van der Waals surface area (Å²) < 4.78 is 41.0. The third-order valence-corrected chi connectivity index (χ3v) is 13.0. The Morgan fingerprint density at radius 1 is 1.06 bits per heavy atom. The summed E-state index contributed by atoms with van der Waals surface area (Å²) in [6, 6.07) is 8.28. The molecule has 0 bridgehead atoms. The number of pyridine rings is 3. The molecule has 5 aromatic heterocycles. The minimum Gasteiger partial charge on any atom is -0.421 e. The Hall–Kier alpha value is -3.74. The zero-order valence-electron chi connectivity index (χ0n) is 26.8. The van der Waals surface area contributed by atoms with Crippen LogP contribution < -0.4 is 5.32 Å². The quantitative estimate of drug-likeness (QED) is 0.182. The van der Waals surface area contributed by atoms with Crippen LogP contribution in [0.25, 0.3) is 32.0 Å². The maximum Gasteiger partial charge on any atom is 0.250 e. The average molecular weight is 671 g/mol. The van der Waals surface area contributed by atoms with Crippen LogP contribution in [0, 0.1) is 18.8 Å². The van der Waals surface area contributed by atoms with Gasteiger partial charge in [-0.1, -0.05) is 19.9 Å². The Morgan fingerprint density at radius 3 is 2.70 bits per heavy atom. The number of hydrogen-bond donors (Lipinski definition) is 1. The summed E-state index contributed by atoms with van der Waals surface area (Å²) in [6.07, 6.45) is 9.14. The molecule has 8 rings (SSSR count). The van der Waals surface area contributed by atoms with E-state index in [0.29, 0.717) is 45.8 Å². The summed E-state index contributed by atoms with van der Waals surface area (Å²) in [5.74, 6) is 1.98. The van der Waals surface area contributed by atoms with Crippen LogP contribution in [0.4, 0.5) is 5.82 Å². The van der Waals surface area contributed by atoms with E-state index in [1.165, 1.54) is 5.56 Å². The third kappa shape index (κ3) is 5.53. The molecule has 10 nitrogen and oxygen atoms in total. The van der Waals surface area contributed by atoms with Crippen molar-refractivity contribution in [3.63, 3.8) is 0 Å². The Morgan fingerprint density at radius 2 is 1.91 bits per heavy atom. The smallest absolute Gasteiger partial charge is 0.250 e. The third-order valence-electron chi connectivity index (χ3n) is 9.95. The van der Waals surface area contributed by atoms with Crippen molar-refractivity contribution in [2.75, 3.05) is 24.3 Å². The molecule has 2 atom stereocenters. The van der Waals surface area contributed by atoms with E-state index in [2.05, 4.69) is 46.5 Å². The fourth-order valence-electron chi connectivity index (χ4n) is 7.45. The fourth-order valence-corrected chi connectivity index (χ4v) is 10.9. The first kappa shape index (κ1) is 30.6. The van der Waals surface area contributed by atoms with Crippen molar-refractivity contribution in [1.29, 1.82) is 0 Å². The van der Waals surface area contributed by atoms with E-state index in [-0.39, 0.29) is 23.6 Å². The van der Waals surface area contributed by atoms with Gasteiger partial charge in [-0.05, 0) is 79.5 Å². The largest absolute Gasteiger partial charge is 0.421 e. The molecule has 2 aliphatic heterocycles. The molecule has 244 valence electrons. The van der Waals surface area contributed by atoms with Crippen LogP contribution in [0.5, 0.6) is 0 Å². The van der Waals surface area contributed by atoms with Gasteiger partial charge in [-0.2, -0.15) is 0 Å². The van der Waals surface area contributed by atoms with E-state index in [1.54, 1.807) is 18.3 Å². The lowest BCUT2D eigenvalue weighted by Gasteiger charge is -2.23. The number of nitrogens with zero attached hydrogens (tertiary/aromatic N) is 5. The monoisotopic (exact) mass is 670 g/mol. The summed E-state index contributed by atoms with van der Waals surface area (Å²) in [6.45, 7) is 7.45. The molecule has 1 saturated heterocycles. The second-order valence-corrected chi connectivity index (χ2v) is 16.4. The average Bonchev–Trinajstić information content (AvgIpc) is 3.85. The molecule has 7 heterocycles. The SMILES string of the molecule is Cc1nnc(-c2c(CCC3CCOCC3)nc3c(c2-c2cc4ccnc(N[C@@H]5CCc6ncccc65)c4s2)S(=O)(=O)CC3C(C)C)o1. The van der Waals surface area contributed by atoms with Gasteiger partial charge in [0.15, 0.2) is 9.84 Å². The van der Waals surface area contributed by atoms with Crippen molar-refractivity contribution in [1.82, 2.24) is 25.1 Å². The van der Waals surface area contributed by atoms with Gasteiger partial charge in [0.2, 0.25) is 11.8 Å². The first-order chi connectivity index (χ1) is 22.8. The number of anilines is 1. The highest BCUT2D eigenvalue weighted by atomic mass is 32.2. The minimum atomic E-state index is -3.65. The molecule has 3 aliphatic rings. The van der Waals surface area contributed by atoms with Crippen molar-refractivity contribution in [2.45, 2.75) is 76.2 Å². The van der Waals surface area contributed by atoms with Crippen molar-refractivity contribution in [3.05, 3.63) is 65.2 Å². The number of rotatable bonds is 8. The number of aromatic nitrogens is 5. The molecule has 1 aliphatic carbocycles. The van der Waals surface area contributed by atoms with Crippen LogP contribution in [-0.4, -0.2) is 52.5 Å².